The fourth-order valence-corrected chi connectivity index (χ4v) is 3.16. The Bertz CT molecular complexity index is 827. The van der Waals surface area contributed by atoms with Crippen LogP contribution in [0.15, 0.2) is 66.0 Å². The highest BCUT2D eigenvalue weighted by molar-refractivity contribution is 7.99. The lowest BCUT2D eigenvalue weighted by Gasteiger charge is -2.14. The first-order valence-corrected chi connectivity index (χ1v) is 8.25. The Morgan fingerprint density at radius 1 is 1.13 bits per heavy atom. The number of thioether (sulfide) groups is 1. The first-order valence-electron chi connectivity index (χ1n) is 7.27. The van der Waals surface area contributed by atoms with Gasteiger partial charge in [-0.2, -0.15) is 0 Å². The van der Waals surface area contributed by atoms with E-state index in [1.165, 1.54) is 11.8 Å². The Morgan fingerprint density at radius 3 is 2.52 bits per heavy atom. The number of aryl methyl sites for hydroxylation is 1. The average molecular weight is 323 g/mol. The fourth-order valence-electron chi connectivity index (χ4n) is 2.43. The zero-order chi connectivity index (χ0) is 16.2. The number of imidazole rings is 1. The van der Waals surface area contributed by atoms with Gasteiger partial charge in [0.05, 0.1) is 23.3 Å². The van der Waals surface area contributed by atoms with Crippen LogP contribution in [-0.2, 0) is 4.79 Å². The van der Waals surface area contributed by atoms with Crippen molar-refractivity contribution in [3.63, 3.8) is 0 Å². The number of carbonyl (C=O) groups is 1. The number of primary amides is 1. The third-order valence-corrected chi connectivity index (χ3v) is 4.47. The minimum Gasteiger partial charge on any atom is -0.369 e. The van der Waals surface area contributed by atoms with Crippen LogP contribution in [0.25, 0.3) is 16.9 Å². The molecule has 1 aromatic heterocycles. The van der Waals surface area contributed by atoms with Gasteiger partial charge < -0.3 is 5.73 Å². The third-order valence-electron chi connectivity index (χ3n) is 3.50. The molecule has 23 heavy (non-hydrogen) atoms. The molecule has 0 bridgehead atoms. The van der Waals surface area contributed by atoms with E-state index in [2.05, 4.69) is 28.6 Å². The number of benzene rings is 2. The Hall–Kier alpha value is -2.53. The first-order chi connectivity index (χ1) is 11.2. The Morgan fingerprint density at radius 2 is 1.83 bits per heavy atom. The Balaban J connectivity index is 2.14. The highest BCUT2D eigenvalue weighted by Gasteiger charge is 2.15. The summed E-state index contributed by atoms with van der Waals surface area (Å²) in [5, 5.41) is 0.761. The summed E-state index contributed by atoms with van der Waals surface area (Å²) in [6.07, 6.45) is 1.84. The van der Waals surface area contributed by atoms with Gasteiger partial charge >= 0.3 is 0 Å². The summed E-state index contributed by atoms with van der Waals surface area (Å²) in [6.45, 7) is 2.06. The van der Waals surface area contributed by atoms with E-state index in [-0.39, 0.29) is 11.7 Å². The zero-order valence-corrected chi connectivity index (χ0v) is 13.6. The van der Waals surface area contributed by atoms with E-state index in [1.807, 2.05) is 48.7 Å². The first kappa shape index (κ1) is 15.4. The number of nitrogens with two attached hydrogens (primary N) is 1. The van der Waals surface area contributed by atoms with E-state index >= 15 is 0 Å². The summed E-state index contributed by atoms with van der Waals surface area (Å²) >= 11 is 1.35. The second-order valence-corrected chi connectivity index (χ2v) is 6.11. The van der Waals surface area contributed by atoms with E-state index in [0.29, 0.717) is 0 Å². The molecule has 0 aliphatic heterocycles. The van der Waals surface area contributed by atoms with Gasteiger partial charge in [0.15, 0.2) is 5.16 Å². The van der Waals surface area contributed by atoms with Crippen molar-refractivity contribution in [1.82, 2.24) is 9.55 Å². The molecular formula is C18H17N3OS. The second kappa shape index (κ2) is 6.71. The van der Waals surface area contributed by atoms with Crippen LogP contribution in [-0.4, -0.2) is 21.2 Å². The summed E-state index contributed by atoms with van der Waals surface area (Å²) in [7, 11) is 0. The molecule has 0 saturated heterocycles. The van der Waals surface area contributed by atoms with Crippen LogP contribution in [0.1, 0.15) is 5.56 Å². The predicted octanol–water partition coefficient (Wildman–Crippen LogP) is 3.43. The second-order valence-electron chi connectivity index (χ2n) is 5.17. The summed E-state index contributed by atoms with van der Waals surface area (Å²) in [6, 6.07) is 18.2. The largest absolute Gasteiger partial charge is 0.369 e. The molecular weight excluding hydrogens is 306 g/mol. The van der Waals surface area contributed by atoms with Crippen LogP contribution in [0.5, 0.6) is 0 Å². The molecule has 0 radical (unpaired) electrons. The van der Waals surface area contributed by atoms with E-state index in [0.717, 1.165) is 27.7 Å². The van der Waals surface area contributed by atoms with Crippen molar-refractivity contribution in [1.29, 1.82) is 0 Å². The molecule has 0 aliphatic carbocycles. The average Bonchev–Trinajstić information content (AvgIpc) is 2.98. The molecule has 1 heterocycles. The van der Waals surface area contributed by atoms with Crippen molar-refractivity contribution in [2.45, 2.75) is 12.1 Å². The van der Waals surface area contributed by atoms with Crippen molar-refractivity contribution in [3.8, 4) is 16.9 Å². The molecule has 0 aliphatic rings. The Labute approximate surface area is 139 Å². The normalized spacial score (nSPS) is 10.7. The van der Waals surface area contributed by atoms with Crippen LogP contribution in [0, 0.1) is 6.92 Å². The lowest BCUT2D eigenvalue weighted by Crippen LogP contribution is -2.13. The van der Waals surface area contributed by atoms with E-state index in [9.17, 15) is 4.79 Å². The van der Waals surface area contributed by atoms with Gasteiger partial charge in [0.1, 0.15) is 0 Å². The molecule has 1 amide bonds. The fraction of sp³-hybridized carbons (Fsp3) is 0.111. The molecule has 0 fully saturated rings. The van der Waals surface area contributed by atoms with Crippen LogP contribution in [0.3, 0.4) is 0 Å². The van der Waals surface area contributed by atoms with Crippen LogP contribution in [0.4, 0.5) is 0 Å². The minimum atomic E-state index is -0.351. The summed E-state index contributed by atoms with van der Waals surface area (Å²) in [4.78, 5) is 15.6. The molecule has 0 unspecified atom stereocenters. The Kier molecular flexibility index (Phi) is 4.48. The molecule has 2 N–H and O–H groups in total. The highest BCUT2D eigenvalue weighted by atomic mass is 32.2. The maximum absolute atomic E-state index is 11.1. The summed E-state index contributed by atoms with van der Waals surface area (Å²) in [5.74, 6) is -0.146. The van der Waals surface area contributed by atoms with Gasteiger partial charge in [-0.1, -0.05) is 60.3 Å². The standard InChI is InChI=1S/C18H17N3OS/c1-13-7-5-6-10-15(13)21-16(14-8-3-2-4-9-14)11-20-18(21)23-12-17(19)22/h2-11H,12H2,1H3,(H2,19,22). The number of rotatable bonds is 5. The van der Waals surface area contributed by atoms with Crippen molar-refractivity contribution < 1.29 is 4.79 Å². The number of para-hydroxylation sites is 1. The van der Waals surface area contributed by atoms with Gasteiger partial charge in [-0.25, -0.2) is 4.98 Å². The number of carbonyl (C=O) groups excluding carboxylic acids is 1. The molecule has 116 valence electrons. The van der Waals surface area contributed by atoms with Gasteiger partial charge in [0.25, 0.3) is 0 Å². The molecule has 0 atom stereocenters. The molecule has 2 aromatic carbocycles. The van der Waals surface area contributed by atoms with Gasteiger partial charge in [-0.15, -0.1) is 0 Å². The van der Waals surface area contributed by atoms with Crippen LogP contribution < -0.4 is 5.73 Å². The monoisotopic (exact) mass is 323 g/mol. The molecule has 0 spiro atoms. The van der Waals surface area contributed by atoms with Crippen molar-refractivity contribution >= 4 is 17.7 Å². The van der Waals surface area contributed by atoms with E-state index < -0.39 is 0 Å². The quantitative estimate of drug-likeness (QED) is 0.732. The molecule has 3 rings (SSSR count). The molecule has 3 aromatic rings. The number of amides is 1. The smallest absolute Gasteiger partial charge is 0.227 e. The third kappa shape index (κ3) is 3.29. The van der Waals surface area contributed by atoms with E-state index in [1.54, 1.807) is 0 Å². The van der Waals surface area contributed by atoms with Crippen LogP contribution in [0.2, 0.25) is 0 Å². The van der Waals surface area contributed by atoms with Gasteiger partial charge in [-0.3, -0.25) is 9.36 Å². The highest BCUT2D eigenvalue weighted by Crippen LogP contribution is 2.30. The summed E-state index contributed by atoms with van der Waals surface area (Å²) in [5.41, 5.74) is 9.54. The minimum absolute atomic E-state index is 0.205. The predicted molar refractivity (Wildman–Crippen MR) is 93.7 cm³/mol. The van der Waals surface area contributed by atoms with Gasteiger partial charge in [0, 0.05) is 5.56 Å². The van der Waals surface area contributed by atoms with E-state index in [4.69, 9.17) is 5.73 Å². The molecule has 5 heteroatoms. The van der Waals surface area contributed by atoms with Gasteiger partial charge in [0.2, 0.25) is 5.91 Å². The lowest BCUT2D eigenvalue weighted by molar-refractivity contribution is -0.115. The number of nitrogens with zero attached hydrogens (tertiary/aromatic N) is 2. The summed E-state index contributed by atoms with van der Waals surface area (Å²) < 4.78 is 2.08. The molecule has 4 nitrogen and oxygen atoms in total. The van der Waals surface area contributed by atoms with Crippen molar-refractivity contribution in [3.05, 3.63) is 66.4 Å². The van der Waals surface area contributed by atoms with Crippen molar-refractivity contribution in [2.75, 3.05) is 5.75 Å². The number of hydrogen-bond acceptors (Lipinski definition) is 3. The topological polar surface area (TPSA) is 60.9 Å². The van der Waals surface area contributed by atoms with Crippen molar-refractivity contribution in [2.24, 2.45) is 5.73 Å². The maximum atomic E-state index is 11.1. The van der Waals surface area contributed by atoms with Gasteiger partial charge in [-0.05, 0) is 18.6 Å². The molecule has 0 saturated carbocycles. The maximum Gasteiger partial charge on any atom is 0.227 e. The number of aromatic nitrogens is 2. The van der Waals surface area contributed by atoms with Crippen LogP contribution >= 0.6 is 11.8 Å². The number of hydrogen-bond donors (Lipinski definition) is 1. The lowest BCUT2D eigenvalue weighted by atomic mass is 10.1. The SMILES string of the molecule is Cc1ccccc1-n1c(-c2ccccc2)cnc1SCC(N)=O. The zero-order valence-electron chi connectivity index (χ0n) is 12.8.